The number of halogens is 1. The van der Waals surface area contributed by atoms with Gasteiger partial charge in [0.15, 0.2) is 22.9 Å². The smallest absolute Gasteiger partial charge is 0.287 e. The first-order chi connectivity index (χ1) is 19.0. The summed E-state index contributed by atoms with van der Waals surface area (Å²) in [7, 11) is -3.01. The summed E-state index contributed by atoms with van der Waals surface area (Å²) in [4.78, 5) is 40.4. The summed E-state index contributed by atoms with van der Waals surface area (Å²) in [6.07, 6.45) is 0.758. The van der Waals surface area contributed by atoms with Crippen molar-refractivity contribution in [3.8, 4) is 5.75 Å². The highest BCUT2D eigenvalue weighted by molar-refractivity contribution is 7.89. The van der Waals surface area contributed by atoms with Crippen molar-refractivity contribution < 1.29 is 32.0 Å². The molecule has 1 saturated heterocycles. The van der Waals surface area contributed by atoms with Crippen molar-refractivity contribution in [3.05, 3.63) is 59.3 Å². The molecule has 214 valence electrons. The number of fused-ring (bicyclic) bond motifs is 1. The molecule has 0 spiro atoms. The third-order valence-electron chi connectivity index (χ3n) is 6.63. The second-order valence-corrected chi connectivity index (χ2v) is 12.3. The lowest BCUT2D eigenvalue weighted by atomic mass is 10.0. The average molecular weight is 590 g/mol. The molecule has 0 bridgehead atoms. The Morgan fingerprint density at radius 1 is 1.20 bits per heavy atom. The number of amides is 2. The molecule has 1 fully saturated rings. The van der Waals surface area contributed by atoms with Crippen LogP contribution in [-0.2, 0) is 19.6 Å². The first-order valence-electron chi connectivity index (χ1n) is 13.0. The van der Waals surface area contributed by atoms with E-state index in [0.29, 0.717) is 39.0 Å². The predicted octanol–water partition coefficient (Wildman–Crippen LogP) is 3.78. The SMILES string of the molecule is COc1cccc2cc(C(=O)N[C@@H](CC(C)C)C(=O)N(C3CCCNCC3=O)S(=O)(=O)c3ccc(Cl)cc3)oc12. The molecule has 2 heterocycles. The number of carbonyl (C=O) groups excluding carboxylic acids is 3. The van der Waals surface area contributed by atoms with E-state index in [9.17, 15) is 22.8 Å². The highest BCUT2D eigenvalue weighted by atomic mass is 35.5. The number of furan rings is 1. The highest BCUT2D eigenvalue weighted by Gasteiger charge is 2.43. The lowest BCUT2D eigenvalue weighted by Crippen LogP contribution is -2.56. The average Bonchev–Trinajstić information content (AvgIpc) is 3.26. The number of carbonyl (C=O) groups is 3. The zero-order valence-corrected chi connectivity index (χ0v) is 24.0. The number of hydrogen-bond acceptors (Lipinski definition) is 8. The molecule has 10 nitrogen and oxygen atoms in total. The third kappa shape index (κ3) is 6.32. The number of sulfonamides is 1. The summed E-state index contributed by atoms with van der Waals surface area (Å²) >= 11 is 5.97. The Bertz CT molecular complexity index is 1500. The summed E-state index contributed by atoms with van der Waals surface area (Å²) in [5, 5.41) is 6.58. The summed E-state index contributed by atoms with van der Waals surface area (Å²) < 4.78 is 39.5. The zero-order valence-electron chi connectivity index (χ0n) is 22.5. The van der Waals surface area contributed by atoms with Gasteiger partial charge in [0.25, 0.3) is 21.8 Å². The van der Waals surface area contributed by atoms with E-state index in [4.69, 9.17) is 20.8 Å². The van der Waals surface area contributed by atoms with E-state index < -0.39 is 39.7 Å². The number of hydrogen-bond donors (Lipinski definition) is 2. The molecule has 4 rings (SSSR count). The number of ketones is 1. The van der Waals surface area contributed by atoms with Crippen LogP contribution in [0.5, 0.6) is 5.75 Å². The van der Waals surface area contributed by atoms with Gasteiger partial charge in [-0.2, -0.15) is 0 Å². The fourth-order valence-electron chi connectivity index (χ4n) is 4.70. The van der Waals surface area contributed by atoms with E-state index >= 15 is 0 Å². The number of methoxy groups -OCH3 is 1. The first kappa shape index (κ1) is 29.6. The van der Waals surface area contributed by atoms with E-state index in [1.54, 1.807) is 18.2 Å². The van der Waals surface area contributed by atoms with Crippen LogP contribution < -0.4 is 15.4 Å². The van der Waals surface area contributed by atoms with Crippen molar-refractivity contribution in [2.45, 2.75) is 50.1 Å². The summed E-state index contributed by atoms with van der Waals surface area (Å²) in [5.74, 6) is -1.75. The molecule has 40 heavy (non-hydrogen) atoms. The maximum absolute atomic E-state index is 14.1. The van der Waals surface area contributed by atoms with E-state index in [2.05, 4.69) is 10.6 Å². The Morgan fingerprint density at radius 2 is 1.93 bits per heavy atom. The van der Waals surface area contributed by atoms with Gasteiger partial charge in [-0.3, -0.25) is 14.4 Å². The van der Waals surface area contributed by atoms with Crippen LogP contribution in [0.1, 0.15) is 43.7 Å². The molecular formula is C28H32ClN3O7S. The maximum atomic E-state index is 14.1. The van der Waals surface area contributed by atoms with E-state index in [1.165, 1.54) is 37.4 Å². The lowest BCUT2D eigenvalue weighted by Gasteiger charge is -2.33. The highest BCUT2D eigenvalue weighted by Crippen LogP contribution is 2.29. The van der Waals surface area contributed by atoms with E-state index in [1.807, 2.05) is 13.8 Å². The van der Waals surface area contributed by atoms with Crippen LogP contribution in [0.25, 0.3) is 11.0 Å². The minimum atomic E-state index is -4.49. The van der Waals surface area contributed by atoms with Crippen LogP contribution in [0.15, 0.2) is 57.8 Å². The largest absolute Gasteiger partial charge is 0.493 e. The second kappa shape index (κ2) is 12.4. The van der Waals surface area contributed by atoms with Crippen molar-refractivity contribution in [1.29, 1.82) is 0 Å². The molecule has 2 amide bonds. The summed E-state index contributed by atoms with van der Waals surface area (Å²) in [6, 6.07) is 9.60. The Morgan fingerprint density at radius 3 is 2.60 bits per heavy atom. The Hall–Kier alpha value is -3.41. The Balaban J connectivity index is 1.73. The quantitative estimate of drug-likeness (QED) is 0.385. The van der Waals surface area contributed by atoms with Gasteiger partial charge in [-0.05, 0) is 68.1 Å². The third-order valence-corrected chi connectivity index (χ3v) is 8.71. The molecule has 2 atom stereocenters. The molecule has 0 radical (unpaired) electrons. The molecule has 1 aromatic heterocycles. The van der Waals surface area contributed by atoms with Crippen molar-refractivity contribution in [1.82, 2.24) is 14.9 Å². The second-order valence-electron chi connectivity index (χ2n) is 10.0. The van der Waals surface area contributed by atoms with Crippen LogP contribution >= 0.6 is 11.6 Å². The summed E-state index contributed by atoms with van der Waals surface area (Å²) in [6.45, 7) is 4.12. The van der Waals surface area contributed by atoms with E-state index in [-0.39, 0.29) is 36.0 Å². The molecule has 3 aromatic rings. The number of ether oxygens (including phenoxy) is 1. The van der Waals surface area contributed by atoms with Gasteiger partial charge in [0.2, 0.25) is 0 Å². The van der Waals surface area contributed by atoms with Crippen LogP contribution in [0, 0.1) is 5.92 Å². The topological polar surface area (TPSA) is 135 Å². The monoisotopic (exact) mass is 589 g/mol. The number of rotatable bonds is 9. The van der Waals surface area contributed by atoms with Gasteiger partial charge < -0.3 is 19.8 Å². The zero-order chi connectivity index (χ0) is 29.0. The summed E-state index contributed by atoms with van der Waals surface area (Å²) in [5.41, 5.74) is 0.366. The number of para-hydroxylation sites is 1. The van der Waals surface area contributed by atoms with Crippen LogP contribution in [0.3, 0.4) is 0 Å². The molecule has 0 aliphatic carbocycles. The fraction of sp³-hybridized carbons (Fsp3) is 0.393. The molecule has 2 aromatic carbocycles. The van der Waals surface area contributed by atoms with Crippen molar-refractivity contribution in [3.63, 3.8) is 0 Å². The minimum absolute atomic E-state index is 0.0668. The van der Waals surface area contributed by atoms with Gasteiger partial charge in [0.1, 0.15) is 12.1 Å². The standard InChI is InChI=1S/C28H32ClN3O7S/c1-17(2)14-21(31-27(34)25-15-18-6-4-8-24(38-3)26(18)39-25)28(35)32(22-7-5-13-30-16-23(22)33)40(36,37)20-11-9-19(29)10-12-20/h4,6,8-12,15,17,21-22,30H,5,7,13-14,16H2,1-3H3,(H,31,34)/t21-,22?/m0/s1. The van der Waals surface area contributed by atoms with Crippen LogP contribution in [0.2, 0.25) is 5.02 Å². The number of benzene rings is 2. The molecule has 1 aliphatic rings. The molecular weight excluding hydrogens is 558 g/mol. The Kier molecular flexibility index (Phi) is 9.17. The van der Waals surface area contributed by atoms with Crippen molar-refractivity contribution in [2.75, 3.05) is 20.2 Å². The molecule has 1 aliphatic heterocycles. The van der Waals surface area contributed by atoms with Gasteiger partial charge >= 0.3 is 0 Å². The van der Waals surface area contributed by atoms with Crippen LogP contribution in [-0.4, -0.2) is 62.6 Å². The maximum Gasteiger partial charge on any atom is 0.287 e. The Labute approximate surface area is 238 Å². The number of nitrogens with one attached hydrogen (secondary N) is 2. The first-order valence-corrected chi connectivity index (χ1v) is 14.8. The molecule has 12 heteroatoms. The minimum Gasteiger partial charge on any atom is -0.493 e. The van der Waals surface area contributed by atoms with Crippen molar-refractivity contribution in [2.24, 2.45) is 5.92 Å². The molecule has 2 N–H and O–H groups in total. The normalized spacial score (nSPS) is 16.9. The molecule has 0 saturated carbocycles. The lowest BCUT2D eigenvalue weighted by molar-refractivity contribution is -0.135. The van der Waals surface area contributed by atoms with Gasteiger partial charge in [-0.15, -0.1) is 0 Å². The molecule has 1 unspecified atom stereocenters. The van der Waals surface area contributed by atoms with Crippen LogP contribution in [0.4, 0.5) is 0 Å². The van der Waals surface area contributed by atoms with Crippen molar-refractivity contribution >= 4 is 50.2 Å². The van der Waals surface area contributed by atoms with Gasteiger partial charge in [0, 0.05) is 10.4 Å². The van der Waals surface area contributed by atoms with Gasteiger partial charge in [-0.25, -0.2) is 12.7 Å². The van der Waals surface area contributed by atoms with Gasteiger partial charge in [0.05, 0.1) is 18.6 Å². The predicted molar refractivity (Wildman–Crippen MR) is 150 cm³/mol. The fourth-order valence-corrected chi connectivity index (χ4v) is 6.46. The number of Topliss-reactive ketones (excluding diaryl/α,β-unsaturated/α-hetero) is 1. The van der Waals surface area contributed by atoms with Gasteiger partial charge in [-0.1, -0.05) is 37.6 Å². The van der Waals surface area contributed by atoms with E-state index in [0.717, 1.165) is 0 Å². The number of nitrogens with zero attached hydrogens (tertiary/aromatic N) is 1.